The van der Waals surface area contributed by atoms with E-state index in [-0.39, 0.29) is 25.7 Å². The summed E-state index contributed by atoms with van der Waals surface area (Å²) in [4.78, 5) is 73.0. The van der Waals surface area contributed by atoms with Crippen LogP contribution in [-0.2, 0) is 65.4 Å². The van der Waals surface area contributed by atoms with Gasteiger partial charge < -0.3 is 33.8 Å². The Morgan fingerprint density at radius 3 is 0.667 bits per heavy atom. The van der Waals surface area contributed by atoms with Gasteiger partial charge in [-0.1, -0.05) is 388 Å². The summed E-state index contributed by atoms with van der Waals surface area (Å²) in [5.41, 5.74) is 0. The molecule has 0 saturated carbocycles. The molecule has 0 spiro atoms. The molecule has 0 aliphatic rings. The van der Waals surface area contributed by atoms with E-state index in [9.17, 15) is 43.2 Å². The molecular weight excluding hydrogens is 1330 g/mol. The van der Waals surface area contributed by atoms with E-state index in [0.717, 1.165) is 102 Å². The van der Waals surface area contributed by atoms with Crippen molar-refractivity contribution in [3.05, 3.63) is 0 Å². The van der Waals surface area contributed by atoms with Crippen LogP contribution in [0, 0.1) is 11.8 Å². The summed E-state index contributed by atoms with van der Waals surface area (Å²) in [5, 5.41) is 10.6. The molecule has 606 valence electrons. The average molecular weight is 1490 g/mol. The summed E-state index contributed by atoms with van der Waals surface area (Å²) in [5.74, 6) is -0.464. The molecule has 0 aromatic heterocycles. The number of hydrogen-bond acceptors (Lipinski definition) is 15. The second kappa shape index (κ2) is 74.5. The van der Waals surface area contributed by atoms with Crippen LogP contribution in [0.1, 0.15) is 440 Å². The Hall–Kier alpha value is -1.94. The number of unbranched alkanes of at least 4 members (excludes halogenated alkanes) is 52. The summed E-state index contributed by atoms with van der Waals surface area (Å²) in [6.45, 7) is 9.70. The molecule has 0 bridgehead atoms. The highest BCUT2D eigenvalue weighted by Crippen LogP contribution is 2.45. The van der Waals surface area contributed by atoms with Crippen molar-refractivity contribution in [1.82, 2.24) is 0 Å². The molecule has 0 saturated heterocycles. The van der Waals surface area contributed by atoms with Crippen molar-refractivity contribution in [2.24, 2.45) is 11.8 Å². The van der Waals surface area contributed by atoms with Crippen molar-refractivity contribution < 1.29 is 80.2 Å². The summed E-state index contributed by atoms with van der Waals surface area (Å²) >= 11 is 0. The van der Waals surface area contributed by atoms with E-state index in [4.69, 9.17) is 37.0 Å². The minimum absolute atomic E-state index is 0.107. The van der Waals surface area contributed by atoms with Crippen LogP contribution in [-0.4, -0.2) is 96.7 Å². The molecule has 5 atom stereocenters. The van der Waals surface area contributed by atoms with E-state index in [1.165, 1.54) is 257 Å². The van der Waals surface area contributed by atoms with Crippen molar-refractivity contribution in [2.45, 2.75) is 458 Å². The van der Waals surface area contributed by atoms with Crippen LogP contribution in [0.2, 0.25) is 0 Å². The molecule has 0 amide bonds. The van der Waals surface area contributed by atoms with E-state index >= 15 is 0 Å². The maximum Gasteiger partial charge on any atom is 0.472 e. The summed E-state index contributed by atoms with van der Waals surface area (Å²) < 4.78 is 68.7. The van der Waals surface area contributed by atoms with E-state index in [2.05, 4.69) is 41.5 Å². The van der Waals surface area contributed by atoms with Gasteiger partial charge >= 0.3 is 39.5 Å². The quantitative estimate of drug-likeness (QED) is 0.0222. The zero-order valence-electron chi connectivity index (χ0n) is 66.9. The van der Waals surface area contributed by atoms with Crippen LogP contribution in [0.4, 0.5) is 0 Å². The highest BCUT2D eigenvalue weighted by atomic mass is 31.2. The number of phosphoric acid groups is 2. The first-order chi connectivity index (χ1) is 49.4. The number of rotatable bonds is 82. The van der Waals surface area contributed by atoms with Crippen LogP contribution in [0.3, 0.4) is 0 Å². The van der Waals surface area contributed by atoms with E-state index in [1.54, 1.807) is 0 Å². The van der Waals surface area contributed by atoms with Gasteiger partial charge in [-0.05, 0) is 37.5 Å². The molecule has 3 N–H and O–H groups in total. The summed E-state index contributed by atoms with van der Waals surface area (Å²) in [6.07, 6.45) is 65.4. The highest BCUT2D eigenvalue weighted by molar-refractivity contribution is 7.47. The molecular formula is C83H162O17P2. The molecule has 2 unspecified atom stereocenters. The molecule has 0 fully saturated rings. The first-order valence-corrected chi connectivity index (χ1v) is 46.0. The number of carbonyl (C=O) groups is 4. The lowest BCUT2D eigenvalue weighted by Crippen LogP contribution is -2.30. The number of esters is 4. The predicted octanol–water partition coefficient (Wildman–Crippen LogP) is 25.1. The maximum atomic E-state index is 13.1. The SMILES string of the molecule is CCCCCCCCCCCCCC(=O)O[C@H](COC(=O)CCCCCCCCCCC)COP(=O)(O)OC[C@H](O)COP(=O)(O)OC[C@@H](COC(=O)CCCCCCCCCCCCCCCCCCCCC(C)C)OC(=O)CCCCCCCCCCCCCCCCCCCCC(C)C. The van der Waals surface area contributed by atoms with Crippen LogP contribution in [0.15, 0.2) is 0 Å². The normalized spacial score (nSPS) is 13.9. The highest BCUT2D eigenvalue weighted by Gasteiger charge is 2.30. The van der Waals surface area contributed by atoms with Crippen LogP contribution in [0.5, 0.6) is 0 Å². The second-order valence-electron chi connectivity index (χ2n) is 30.8. The fraction of sp³-hybridized carbons (Fsp3) is 0.952. The molecule has 0 radical (unpaired) electrons. The molecule has 0 aromatic rings. The Morgan fingerprint density at radius 1 is 0.265 bits per heavy atom. The maximum absolute atomic E-state index is 13.1. The van der Waals surface area contributed by atoms with Gasteiger partial charge in [-0.2, -0.15) is 0 Å². The number of hydrogen-bond donors (Lipinski definition) is 3. The molecule has 0 aliphatic heterocycles. The lowest BCUT2D eigenvalue weighted by Gasteiger charge is -2.21. The van der Waals surface area contributed by atoms with Gasteiger partial charge in [-0.15, -0.1) is 0 Å². The van der Waals surface area contributed by atoms with Gasteiger partial charge in [0.05, 0.1) is 26.4 Å². The molecule has 0 aromatic carbocycles. The third-order valence-corrected chi connectivity index (χ3v) is 21.4. The number of aliphatic hydroxyl groups is 1. The van der Waals surface area contributed by atoms with Gasteiger partial charge in [0.15, 0.2) is 12.2 Å². The second-order valence-corrected chi connectivity index (χ2v) is 33.7. The third kappa shape index (κ3) is 76.3. The Morgan fingerprint density at radius 2 is 0.451 bits per heavy atom. The zero-order chi connectivity index (χ0) is 74.9. The third-order valence-electron chi connectivity index (χ3n) is 19.5. The van der Waals surface area contributed by atoms with Gasteiger partial charge in [0.2, 0.25) is 0 Å². The average Bonchev–Trinajstić information content (AvgIpc) is 0.921. The van der Waals surface area contributed by atoms with E-state index in [0.29, 0.717) is 25.7 Å². The molecule has 19 heteroatoms. The van der Waals surface area contributed by atoms with Crippen molar-refractivity contribution >= 4 is 39.5 Å². The number of phosphoric ester groups is 2. The Kier molecular flexibility index (Phi) is 73.1. The standard InChI is InChI=1S/C83H162O17P2/c1-7-9-11-13-15-17-34-43-49-55-61-67-82(87)99-78(71-93-80(85)65-59-53-47-39-16-14-12-10-8-2)73-97-101(89,90)95-69-77(84)70-96-102(91,92)98-74-79(100-83(88)68-62-56-50-44-38-33-29-25-21-19-23-27-31-36-41-46-52-58-64-76(5)6)72-94-81(86)66-60-54-48-42-37-32-28-24-20-18-22-26-30-35-40-45-51-57-63-75(3)4/h75-79,84H,7-74H2,1-6H3,(H,89,90)(H,91,92)/t77-,78+,79+/m0/s1. The van der Waals surface area contributed by atoms with E-state index < -0.39 is 97.5 Å². The van der Waals surface area contributed by atoms with Gasteiger partial charge in [0.1, 0.15) is 19.3 Å². The molecule has 0 rings (SSSR count). The molecule has 0 aliphatic carbocycles. The Labute approximate surface area is 626 Å². The topological polar surface area (TPSA) is 237 Å². The fourth-order valence-corrected chi connectivity index (χ4v) is 14.5. The minimum Gasteiger partial charge on any atom is -0.462 e. The number of ether oxygens (including phenoxy) is 4. The predicted molar refractivity (Wildman–Crippen MR) is 418 cm³/mol. The van der Waals surface area contributed by atoms with Crippen molar-refractivity contribution in [3.8, 4) is 0 Å². The first kappa shape index (κ1) is 100. The number of carbonyl (C=O) groups excluding carboxylic acids is 4. The van der Waals surface area contributed by atoms with Gasteiger partial charge in [-0.25, -0.2) is 9.13 Å². The minimum atomic E-state index is -4.96. The monoisotopic (exact) mass is 1490 g/mol. The van der Waals surface area contributed by atoms with Crippen LogP contribution < -0.4 is 0 Å². The molecule has 17 nitrogen and oxygen atoms in total. The molecule has 0 heterocycles. The Balaban J connectivity index is 5.17. The number of aliphatic hydroxyl groups excluding tert-OH is 1. The summed E-state index contributed by atoms with van der Waals surface area (Å²) in [7, 11) is -9.92. The van der Waals surface area contributed by atoms with Crippen LogP contribution >= 0.6 is 15.6 Å². The lowest BCUT2D eigenvalue weighted by molar-refractivity contribution is -0.161. The van der Waals surface area contributed by atoms with Gasteiger partial charge in [0, 0.05) is 25.7 Å². The molecule has 102 heavy (non-hydrogen) atoms. The van der Waals surface area contributed by atoms with Crippen molar-refractivity contribution in [2.75, 3.05) is 39.6 Å². The van der Waals surface area contributed by atoms with Crippen molar-refractivity contribution in [1.29, 1.82) is 0 Å². The smallest absolute Gasteiger partial charge is 0.462 e. The zero-order valence-corrected chi connectivity index (χ0v) is 68.7. The van der Waals surface area contributed by atoms with Gasteiger partial charge in [0.25, 0.3) is 0 Å². The van der Waals surface area contributed by atoms with E-state index in [1.807, 2.05) is 0 Å². The van der Waals surface area contributed by atoms with Crippen LogP contribution in [0.25, 0.3) is 0 Å². The summed E-state index contributed by atoms with van der Waals surface area (Å²) in [6, 6.07) is 0. The van der Waals surface area contributed by atoms with Crippen molar-refractivity contribution in [3.63, 3.8) is 0 Å². The first-order valence-electron chi connectivity index (χ1n) is 43.0. The van der Waals surface area contributed by atoms with Gasteiger partial charge in [-0.3, -0.25) is 37.3 Å². The largest absolute Gasteiger partial charge is 0.472 e. The lowest BCUT2D eigenvalue weighted by atomic mass is 10.0. The fourth-order valence-electron chi connectivity index (χ4n) is 12.9. The Bertz CT molecular complexity index is 1960.